The first kappa shape index (κ1) is 17.7. The van der Waals surface area contributed by atoms with E-state index in [1.165, 1.54) is 0 Å². The molecule has 0 fully saturated rings. The van der Waals surface area contributed by atoms with Gasteiger partial charge in [-0.25, -0.2) is 4.68 Å². The molecule has 28 heavy (non-hydrogen) atoms. The molecule has 0 radical (unpaired) electrons. The number of nitrogens with zero attached hydrogens (tertiary/aromatic N) is 5. The number of hydrogen-bond acceptors (Lipinski definition) is 4. The minimum Gasteiger partial charge on any atom is -0.346 e. The van der Waals surface area contributed by atoms with E-state index < -0.39 is 0 Å². The van der Waals surface area contributed by atoms with Crippen LogP contribution in [0.1, 0.15) is 33.0 Å². The summed E-state index contributed by atoms with van der Waals surface area (Å²) in [6, 6.07) is 13.8. The van der Waals surface area contributed by atoms with Gasteiger partial charge in [-0.1, -0.05) is 35.5 Å². The van der Waals surface area contributed by atoms with Crippen LogP contribution in [0.15, 0.2) is 54.9 Å². The molecule has 0 unspecified atom stereocenters. The van der Waals surface area contributed by atoms with Crippen molar-refractivity contribution in [2.45, 2.75) is 26.9 Å². The number of amides is 1. The van der Waals surface area contributed by atoms with Gasteiger partial charge in [0.25, 0.3) is 5.91 Å². The molecule has 0 saturated heterocycles. The quantitative estimate of drug-likeness (QED) is 0.541. The number of hydrogen-bond donors (Lipinski definition) is 2. The highest BCUT2D eigenvalue weighted by molar-refractivity contribution is 5.95. The molecule has 4 rings (SSSR count). The topological polar surface area (TPSA) is 93.4 Å². The fraction of sp³-hybridized carbons (Fsp3) is 0.200. The van der Waals surface area contributed by atoms with E-state index in [0.29, 0.717) is 18.9 Å². The van der Waals surface area contributed by atoms with E-state index in [9.17, 15) is 4.79 Å². The number of aryl methyl sites for hydroxylation is 2. The first-order valence-corrected chi connectivity index (χ1v) is 9.03. The molecule has 1 amide bonds. The smallest absolute Gasteiger partial charge is 0.276 e. The highest BCUT2D eigenvalue weighted by Crippen LogP contribution is 2.16. The number of H-pyrrole nitrogens is 1. The normalized spacial score (nSPS) is 10.9. The van der Waals surface area contributed by atoms with Crippen molar-refractivity contribution in [2.24, 2.45) is 0 Å². The van der Waals surface area contributed by atoms with Crippen molar-refractivity contribution in [1.82, 2.24) is 35.1 Å². The molecular formula is C20H21N7O. The molecule has 0 aliphatic carbocycles. The largest absolute Gasteiger partial charge is 0.346 e. The van der Waals surface area contributed by atoms with Gasteiger partial charge in [-0.15, -0.1) is 5.10 Å². The summed E-state index contributed by atoms with van der Waals surface area (Å²) in [5.74, 6) is 0.356. The maximum atomic E-state index is 12.9. The Morgan fingerprint density at radius 2 is 1.86 bits per heavy atom. The van der Waals surface area contributed by atoms with Crippen LogP contribution in [0.5, 0.6) is 0 Å². The SMILES string of the molecule is Cc1n[nH]c(C)c1CNC(=O)c1nnn(Cc2ccccc2)c1-n1cccc1. The number of benzene rings is 1. The fourth-order valence-electron chi connectivity index (χ4n) is 3.14. The molecule has 8 heteroatoms. The van der Waals surface area contributed by atoms with Crippen LogP contribution in [0, 0.1) is 13.8 Å². The Hall–Kier alpha value is -3.68. The molecule has 1 aromatic carbocycles. The molecule has 4 aromatic rings. The van der Waals surface area contributed by atoms with Gasteiger partial charge < -0.3 is 9.88 Å². The first-order valence-electron chi connectivity index (χ1n) is 9.03. The summed E-state index contributed by atoms with van der Waals surface area (Å²) >= 11 is 0. The van der Waals surface area contributed by atoms with Crippen LogP contribution in [0.2, 0.25) is 0 Å². The predicted octanol–water partition coefficient (Wildman–Crippen LogP) is 2.39. The van der Waals surface area contributed by atoms with E-state index in [0.717, 1.165) is 22.5 Å². The summed E-state index contributed by atoms with van der Waals surface area (Å²) in [4.78, 5) is 12.9. The Balaban J connectivity index is 1.62. The molecule has 3 aromatic heterocycles. The van der Waals surface area contributed by atoms with E-state index in [1.54, 1.807) is 4.68 Å². The monoisotopic (exact) mass is 375 g/mol. The van der Waals surface area contributed by atoms with Gasteiger partial charge in [-0.3, -0.25) is 9.89 Å². The van der Waals surface area contributed by atoms with Gasteiger partial charge in [-0.2, -0.15) is 5.10 Å². The summed E-state index contributed by atoms with van der Waals surface area (Å²) < 4.78 is 3.59. The third-order valence-electron chi connectivity index (χ3n) is 4.65. The van der Waals surface area contributed by atoms with E-state index in [4.69, 9.17) is 0 Å². The van der Waals surface area contributed by atoms with Crippen molar-refractivity contribution in [1.29, 1.82) is 0 Å². The van der Waals surface area contributed by atoms with Gasteiger partial charge >= 0.3 is 0 Å². The Morgan fingerprint density at radius 1 is 1.11 bits per heavy atom. The first-order chi connectivity index (χ1) is 13.6. The van der Waals surface area contributed by atoms with Crippen molar-refractivity contribution in [3.63, 3.8) is 0 Å². The second-order valence-corrected chi connectivity index (χ2v) is 6.59. The van der Waals surface area contributed by atoms with Crippen molar-refractivity contribution < 1.29 is 4.79 Å². The van der Waals surface area contributed by atoms with E-state index in [-0.39, 0.29) is 11.6 Å². The number of carbonyl (C=O) groups excluding carboxylic acids is 1. The molecule has 0 saturated carbocycles. The Bertz CT molecular complexity index is 1060. The van der Waals surface area contributed by atoms with Gasteiger partial charge in [0.05, 0.1) is 12.2 Å². The van der Waals surface area contributed by atoms with Gasteiger partial charge in [0.15, 0.2) is 11.5 Å². The van der Waals surface area contributed by atoms with E-state index >= 15 is 0 Å². The van der Waals surface area contributed by atoms with Gasteiger partial charge in [0, 0.05) is 30.2 Å². The molecule has 0 spiro atoms. The number of carbonyl (C=O) groups is 1. The molecule has 8 nitrogen and oxygen atoms in total. The average molecular weight is 375 g/mol. The van der Waals surface area contributed by atoms with Crippen LogP contribution in [0.4, 0.5) is 0 Å². The minimum absolute atomic E-state index is 0.275. The second kappa shape index (κ2) is 7.51. The zero-order valence-corrected chi connectivity index (χ0v) is 15.8. The zero-order valence-electron chi connectivity index (χ0n) is 15.8. The van der Waals surface area contributed by atoms with Crippen molar-refractivity contribution in [2.75, 3.05) is 0 Å². The summed E-state index contributed by atoms with van der Waals surface area (Å²) in [7, 11) is 0. The number of nitrogens with one attached hydrogen (secondary N) is 2. The minimum atomic E-state index is -0.275. The van der Waals surface area contributed by atoms with Crippen LogP contribution < -0.4 is 5.32 Å². The molecule has 142 valence electrons. The number of rotatable bonds is 6. The van der Waals surface area contributed by atoms with Crippen molar-refractivity contribution in [3.8, 4) is 5.82 Å². The highest BCUT2D eigenvalue weighted by atomic mass is 16.2. The average Bonchev–Trinajstić information content (AvgIpc) is 3.42. The van der Waals surface area contributed by atoms with Gasteiger partial charge in [0.2, 0.25) is 0 Å². The Kier molecular flexibility index (Phi) is 4.76. The van der Waals surface area contributed by atoms with Gasteiger partial charge in [0.1, 0.15) is 0 Å². The van der Waals surface area contributed by atoms with Gasteiger partial charge in [-0.05, 0) is 31.5 Å². The Morgan fingerprint density at radius 3 is 2.54 bits per heavy atom. The highest BCUT2D eigenvalue weighted by Gasteiger charge is 2.21. The molecule has 3 heterocycles. The maximum absolute atomic E-state index is 12.9. The number of aromatic nitrogens is 6. The lowest BCUT2D eigenvalue weighted by Gasteiger charge is -2.10. The third-order valence-corrected chi connectivity index (χ3v) is 4.65. The standard InChI is InChI=1S/C20H21N7O/c1-14-17(15(2)23-22-14)12-21-19(28)18-20(26-10-6-7-11-26)27(25-24-18)13-16-8-4-3-5-9-16/h3-11H,12-13H2,1-2H3,(H,21,28)(H,22,23). The predicted molar refractivity (Wildman–Crippen MR) is 104 cm³/mol. The maximum Gasteiger partial charge on any atom is 0.276 e. The van der Waals surface area contributed by atoms with Crippen molar-refractivity contribution >= 4 is 5.91 Å². The molecule has 0 aliphatic rings. The molecule has 0 aliphatic heterocycles. The van der Waals surface area contributed by atoms with Crippen LogP contribution in [-0.4, -0.2) is 35.7 Å². The summed E-state index contributed by atoms with van der Waals surface area (Å²) in [5, 5.41) is 18.4. The zero-order chi connectivity index (χ0) is 19.5. The molecular weight excluding hydrogens is 354 g/mol. The third kappa shape index (κ3) is 3.44. The van der Waals surface area contributed by atoms with E-state index in [1.807, 2.05) is 73.3 Å². The lowest BCUT2D eigenvalue weighted by atomic mass is 10.2. The molecule has 0 atom stereocenters. The summed E-state index contributed by atoms with van der Waals surface area (Å²) in [6.45, 7) is 4.74. The van der Waals surface area contributed by atoms with E-state index in [2.05, 4.69) is 25.8 Å². The second-order valence-electron chi connectivity index (χ2n) is 6.59. The van der Waals surface area contributed by atoms with Crippen LogP contribution in [-0.2, 0) is 13.1 Å². The summed E-state index contributed by atoms with van der Waals surface area (Å²) in [6.07, 6.45) is 3.75. The lowest BCUT2D eigenvalue weighted by molar-refractivity contribution is 0.0945. The Labute approximate surface area is 162 Å². The van der Waals surface area contributed by atoms with Crippen LogP contribution in [0.3, 0.4) is 0 Å². The summed E-state index contributed by atoms with van der Waals surface area (Å²) in [5.41, 5.74) is 4.16. The van der Waals surface area contributed by atoms with Crippen molar-refractivity contribution in [3.05, 3.63) is 83.1 Å². The van der Waals surface area contributed by atoms with Crippen LogP contribution in [0.25, 0.3) is 5.82 Å². The molecule has 2 N–H and O–H groups in total. The fourth-order valence-corrected chi connectivity index (χ4v) is 3.14. The lowest BCUT2D eigenvalue weighted by Crippen LogP contribution is -2.25. The number of aromatic amines is 1. The molecule has 0 bridgehead atoms. The van der Waals surface area contributed by atoms with Crippen LogP contribution >= 0.6 is 0 Å².